The van der Waals surface area contributed by atoms with E-state index in [1.54, 1.807) is 12.1 Å². The quantitative estimate of drug-likeness (QED) is 0.771. The second-order valence-corrected chi connectivity index (χ2v) is 8.45. The number of hydrogen-bond donors (Lipinski definition) is 1. The smallest absolute Gasteiger partial charge is 0.332 e. The van der Waals surface area contributed by atoms with E-state index in [0.717, 1.165) is 30.6 Å². The van der Waals surface area contributed by atoms with Gasteiger partial charge >= 0.3 is 6.03 Å². The van der Waals surface area contributed by atoms with Gasteiger partial charge in [-0.3, -0.25) is 9.59 Å². The molecule has 8 nitrogen and oxygen atoms in total. The molecule has 3 aliphatic rings. The number of anilines is 1. The third-order valence-corrected chi connectivity index (χ3v) is 6.52. The molecule has 2 aromatic rings. The average Bonchev–Trinajstić information content (AvgIpc) is 3.45. The van der Waals surface area contributed by atoms with Gasteiger partial charge in [0.15, 0.2) is 6.10 Å². The molecule has 0 bridgehead atoms. The van der Waals surface area contributed by atoms with Crippen LogP contribution < -0.4 is 10.2 Å². The zero-order chi connectivity index (χ0) is 22.2. The van der Waals surface area contributed by atoms with Gasteiger partial charge in [0.25, 0.3) is 5.91 Å². The number of amides is 4. The molecule has 4 unspecified atom stereocenters. The minimum atomic E-state index is -0.844. The summed E-state index contributed by atoms with van der Waals surface area (Å²) in [4.78, 5) is 42.0. The first-order chi connectivity index (χ1) is 15.5. The molecule has 3 heterocycles. The van der Waals surface area contributed by atoms with Gasteiger partial charge in [0.1, 0.15) is 18.1 Å². The van der Waals surface area contributed by atoms with E-state index in [1.165, 1.54) is 35.4 Å². The minimum Gasteiger partial charge on any atom is -0.467 e. The lowest BCUT2D eigenvalue weighted by molar-refractivity contribution is -0.134. The Morgan fingerprint density at radius 1 is 1.12 bits per heavy atom. The van der Waals surface area contributed by atoms with E-state index in [2.05, 4.69) is 5.32 Å². The van der Waals surface area contributed by atoms with E-state index in [0.29, 0.717) is 5.76 Å². The maximum atomic E-state index is 13.5. The van der Waals surface area contributed by atoms with Crippen LogP contribution in [-0.2, 0) is 20.9 Å². The molecule has 1 aromatic carbocycles. The van der Waals surface area contributed by atoms with E-state index in [1.807, 2.05) is 0 Å². The number of carbonyl (C=O) groups excluding carboxylic acids is 3. The van der Waals surface area contributed by atoms with Crippen molar-refractivity contribution in [3.63, 3.8) is 0 Å². The number of urea groups is 1. The van der Waals surface area contributed by atoms with Gasteiger partial charge < -0.3 is 19.4 Å². The second-order valence-electron chi connectivity index (χ2n) is 8.45. The Morgan fingerprint density at radius 3 is 2.66 bits per heavy atom. The largest absolute Gasteiger partial charge is 0.467 e. The van der Waals surface area contributed by atoms with Gasteiger partial charge in [0.2, 0.25) is 5.91 Å². The molecule has 1 saturated carbocycles. The number of rotatable bonds is 5. The van der Waals surface area contributed by atoms with E-state index < -0.39 is 29.9 Å². The summed E-state index contributed by atoms with van der Waals surface area (Å²) in [6.07, 6.45) is 4.23. The van der Waals surface area contributed by atoms with Gasteiger partial charge in [0.05, 0.1) is 30.6 Å². The van der Waals surface area contributed by atoms with Gasteiger partial charge in [0, 0.05) is 5.92 Å². The van der Waals surface area contributed by atoms with Crippen molar-refractivity contribution < 1.29 is 27.9 Å². The van der Waals surface area contributed by atoms with Crippen molar-refractivity contribution in [3.8, 4) is 0 Å². The van der Waals surface area contributed by atoms with Crippen LogP contribution in [0.15, 0.2) is 47.1 Å². The number of fused-ring (bicyclic) bond motifs is 3. The zero-order valence-corrected chi connectivity index (χ0v) is 17.4. The fourth-order valence-electron chi connectivity index (χ4n) is 5.07. The second kappa shape index (κ2) is 8.38. The summed E-state index contributed by atoms with van der Waals surface area (Å²) < 4.78 is 24.8. The molecule has 4 atom stereocenters. The number of halogens is 1. The number of nitrogens with one attached hydrogen (secondary N) is 1. The summed E-state index contributed by atoms with van der Waals surface area (Å²) in [5.74, 6) is -0.689. The van der Waals surface area contributed by atoms with Crippen LogP contribution in [0.2, 0.25) is 0 Å². The molecule has 32 heavy (non-hydrogen) atoms. The number of furan rings is 1. The maximum absolute atomic E-state index is 13.5. The van der Waals surface area contributed by atoms with Crippen molar-refractivity contribution in [1.29, 1.82) is 0 Å². The van der Waals surface area contributed by atoms with Crippen molar-refractivity contribution in [2.75, 3.05) is 11.4 Å². The Balaban J connectivity index is 1.42. The first kappa shape index (κ1) is 20.7. The third kappa shape index (κ3) is 3.66. The highest BCUT2D eigenvalue weighted by atomic mass is 19.1. The van der Waals surface area contributed by atoms with Gasteiger partial charge in [-0.2, -0.15) is 0 Å². The van der Waals surface area contributed by atoms with Crippen LogP contribution in [0.1, 0.15) is 31.4 Å². The molecule has 0 spiro atoms. The predicted molar refractivity (Wildman–Crippen MR) is 111 cm³/mol. The lowest BCUT2D eigenvalue weighted by atomic mass is 9.81. The van der Waals surface area contributed by atoms with E-state index >= 15 is 0 Å². The molecular weight excluding hydrogens is 417 g/mol. The first-order valence-electron chi connectivity index (χ1n) is 10.9. The highest BCUT2D eigenvalue weighted by Gasteiger charge is 2.58. The van der Waals surface area contributed by atoms with Crippen LogP contribution in [0.5, 0.6) is 0 Å². The van der Waals surface area contributed by atoms with Gasteiger partial charge in [-0.15, -0.1) is 0 Å². The fraction of sp³-hybridized carbons (Fsp3) is 0.435. The lowest BCUT2D eigenvalue weighted by Crippen LogP contribution is -2.66. The van der Waals surface area contributed by atoms with Crippen molar-refractivity contribution in [2.45, 2.75) is 50.5 Å². The maximum Gasteiger partial charge on any atom is 0.332 e. The highest BCUT2D eigenvalue weighted by Crippen LogP contribution is 2.43. The highest BCUT2D eigenvalue weighted by molar-refractivity contribution is 6.18. The summed E-state index contributed by atoms with van der Waals surface area (Å²) in [7, 11) is 0. The molecule has 3 fully saturated rings. The summed E-state index contributed by atoms with van der Waals surface area (Å²) in [6.45, 7) is -0.0105. The third-order valence-electron chi connectivity index (χ3n) is 6.52. The Morgan fingerprint density at radius 2 is 1.91 bits per heavy atom. The summed E-state index contributed by atoms with van der Waals surface area (Å²) in [6, 6.07) is 7.53. The Bertz CT molecular complexity index is 1010. The van der Waals surface area contributed by atoms with Crippen LogP contribution in [0, 0.1) is 11.7 Å². The van der Waals surface area contributed by atoms with Crippen LogP contribution in [0.4, 0.5) is 14.9 Å². The van der Waals surface area contributed by atoms with Gasteiger partial charge in [-0.1, -0.05) is 12.8 Å². The first-order valence-corrected chi connectivity index (χ1v) is 10.9. The van der Waals surface area contributed by atoms with Crippen molar-refractivity contribution in [2.24, 2.45) is 5.92 Å². The Hall–Kier alpha value is -3.20. The molecule has 1 aliphatic carbocycles. The molecule has 0 radical (unpaired) electrons. The molecule has 4 amide bonds. The molecular formula is C23H24FN3O5. The predicted octanol–water partition coefficient (Wildman–Crippen LogP) is 2.83. The zero-order valence-electron chi connectivity index (χ0n) is 17.4. The Kier molecular flexibility index (Phi) is 5.42. The lowest BCUT2D eigenvalue weighted by Gasteiger charge is -2.42. The molecule has 2 aliphatic heterocycles. The van der Waals surface area contributed by atoms with E-state index in [4.69, 9.17) is 9.15 Å². The summed E-state index contributed by atoms with van der Waals surface area (Å²) >= 11 is 0. The topological polar surface area (TPSA) is 92.1 Å². The summed E-state index contributed by atoms with van der Waals surface area (Å²) in [5, 5.41) is 2.76. The van der Waals surface area contributed by atoms with Crippen molar-refractivity contribution >= 4 is 23.5 Å². The van der Waals surface area contributed by atoms with E-state index in [-0.39, 0.29) is 36.7 Å². The molecule has 2 saturated heterocycles. The van der Waals surface area contributed by atoms with Gasteiger partial charge in [-0.05, 0) is 49.2 Å². The van der Waals surface area contributed by atoms with Crippen LogP contribution >= 0.6 is 0 Å². The average molecular weight is 441 g/mol. The fourth-order valence-corrected chi connectivity index (χ4v) is 5.07. The van der Waals surface area contributed by atoms with Crippen molar-refractivity contribution in [3.05, 3.63) is 54.2 Å². The normalized spacial score (nSPS) is 27.3. The number of hydrogen-bond acceptors (Lipinski definition) is 5. The molecule has 168 valence electrons. The van der Waals surface area contributed by atoms with Crippen LogP contribution in [0.3, 0.4) is 0 Å². The molecule has 1 aromatic heterocycles. The van der Waals surface area contributed by atoms with Gasteiger partial charge in [-0.25, -0.2) is 14.1 Å². The standard InChI is InChI=1S/C23H24FN3O5/c24-14-7-9-15(10-8-14)27-22(29)21-20(17-5-1-2-6-18(17)32-21)26(23(27)30)13-19(28)25-12-16-4-3-11-31-16/h3-4,7-11,17-18,20-21H,1-2,5-6,12-13H2,(H,25,28). The number of ether oxygens (including phenoxy) is 1. The monoisotopic (exact) mass is 441 g/mol. The molecule has 5 rings (SSSR count). The van der Waals surface area contributed by atoms with Crippen molar-refractivity contribution in [1.82, 2.24) is 10.2 Å². The number of benzene rings is 1. The van der Waals surface area contributed by atoms with Crippen LogP contribution in [-0.4, -0.2) is 47.5 Å². The molecule has 9 heteroatoms. The number of imide groups is 1. The number of carbonyl (C=O) groups is 3. The SMILES string of the molecule is O=C(CN1C(=O)N(c2ccc(F)cc2)C(=O)C2OC3CCCCC3C21)NCc1ccco1. The molecule has 1 N–H and O–H groups in total. The Labute approximate surface area is 184 Å². The minimum absolute atomic E-state index is 0.00916. The van der Waals surface area contributed by atoms with Crippen LogP contribution in [0.25, 0.3) is 0 Å². The van der Waals surface area contributed by atoms with E-state index in [9.17, 15) is 18.8 Å². The number of nitrogens with zero attached hydrogens (tertiary/aromatic N) is 2. The summed E-state index contributed by atoms with van der Waals surface area (Å²) in [5.41, 5.74) is 0.249.